The van der Waals surface area contributed by atoms with Crippen molar-refractivity contribution in [1.82, 2.24) is 19.5 Å². The lowest BCUT2D eigenvalue weighted by Crippen LogP contribution is -2.13. The molecule has 1 aliphatic rings. The number of primary amides is 1. The summed E-state index contributed by atoms with van der Waals surface area (Å²) in [7, 11) is 0. The van der Waals surface area contributed by atoms with Crippen LogP contribution in [0.25, 0.3) is 22.6 Å². The first-order chi connectivity index (χ1) is 15.7. The summed E-state index contributed by atoms with van der Waals surface area (Å²) in [6, 6.07) is 17.7. The van der Waals surface area contributed by atoms with Crippen LogP contribution in [0.3, 0.4) is 0 Å². The Morgan fingerprint density at radius 1 is 1.00 bits per heavy atom. The van der Waals surface area contributed by atoms with Gasteiger partial charge in [-0.15, -0.1) is 0 Å². The first-order valence-electron chi connectivity index (χ1n) is 11.1. The van der Waals surface area contributed by atoms with Gasteiger partial charge in [0.05, 0.1) is 6.33 Å². The molecule has 2 aromatic carbocycles. The van der Waals surface area contributed by atoms with Crippen LogP contribution in [0.5, 0.6) is 0 Å². The molecule has 0 atom stereocenters. The van der Waals surface area contributed by atoms with E-state index in [0.717, 1.165) is 29.6 Å². The van der Waals surface area contributed by atoms with Crippen LogP contribution in [0.1, 0.15) is 54.1 Å². The molecule has 0 unspecified atom stereocenters. The van der Waals surface area contributed by atoms with Gasteiger partial charge in [-0.2, -0.15) is 0 Å². The molecular weight excluding hydrogens is 400 g/mol. The van der Waals surface area contributed by atoms with E-state index in [9.17, 15) is 4.79 Å². The van der Waals surface area contributed by atoms with Gasteiger partial charge in [-0.3, -0.25) is 4.79 Å². The molecule has 7 heteroatoms. The Bertz CT molecular complexity index is 1230. The van der Waals surface area contributed by atoms with E-state index in [1.54, 1.807) is 12.1 Å². The number of nitrogens with zero attached hydrogens (tertiary/aromatic N) is 4. The topological polar surface area (TPSA) is 98.7 Å². The van der Waals surface area contributed by atoms with Crippen molar-refractivity contribution in [3.05, 3.63) is 72.1 Å². The summed E-state index contributed by atoms with van der Waals surface area (Å²) in [6.07, 6.45) is 7.95. The summed E-state index contributed by atoms with van der Waals surface area (Å²) >= 11 is 0. The Hall–Kier alpha value is -3.74. The highest BCUT2D eigenvalue weighted by Gasteiger charge is 2.21. The van der Waals surface area contributed by atoms with Crippen LogP contribution >= 0.6 is 0 Å². The highest BCUT2D eigenvalue weighted by molar-refractivity contribution is 5.93. The van der Waals surface area contributed by atoms with Gasteiger partial charge in [-0.05, 0) is 30.5 Å². The largest absolute Gasteiger partial charge is 0.366 e. The van der Waals surface area contributed by atoms with E-state index >= 15 is 0 Å². The molecule has 1 amide bonds. The van der Waals surface area contributed by atoms with Crippen molar-refractivity contribution < 1.29 is 4.79 Å². The molecular formula is C25H26N6O. The van der Waals surface area contributed by atoms with E-state index in [0.29, 0.717) is 29.8 Å². The molecule has 4 aromatic rings. The lowest BCUT2D eigenvalue weighted by Gasteiger charge is -2.23. The molecule has 3 N–H and O–H groups in total. The van der Waals surface area contributed by atoms with E-state index in [-0.39, 0.29) is 0 Å². The zero-order valence-corrected chi connectivity index (χ0v) is 17.9. The van der Waals surface area contributed by atoms with Crippen LogP contribution in [0.4, 0.5) is 5.82 Å². The van der Waals surface area contributed by atoms with E-state index in [2.05, 4.69) is 22.0 Å². The number of imidazole rings is 1. The first kappa shape index (κ1) is 20.2. The molecule has 0 saturated heterocycles. The van der Waals surface area contributed by atoms with E-state index in [1.807, 2.05) is 36.7 Å². The normalized spacial score (nSPS) is 14.5. The molecule has 162 valence electrons. The van der Waals surface area contributed by atoms with Crippen LogP contribution in [0.2, 0.25) is 0 Å². The maximum Gasteiger partial charge on any atom is 0.248 e. The van der Waals surface area contributed by atoms with Crippen molar-refractivity contribution in [3.63, 3.8) is 0 Å². The van der Waals surface area contributed by atoms with Gasteiger partial charge in [0.25, 0.3) is 0 Å². The minimum atomic E-state index is -0.450. The van der Waals surface area contributed by atoms with E-state index in [1.165, 1.54) is 24.8 Å². The lowest BCUT2D eigenvalue weighted by atomic mass is 9.95. The maximum atomic E-state index is 11.5. The summed E-state index contributed by atoms with van der Waals surface area (Å²) in [5.74, 6) is 0.859. The van der Waals surface area contributed by atoms with Gasteiger partial charge in [0, 0.05) is 23.7 Å². The number of rotatable bonds is 6. The third-order valence-electron chi connectivity index (χ3n) is 6.12. The van der Waals surface area contributed by atoms with Crippen molar-refractivity contribution in [2.75, 3.05) is 5.32 Å². The zero-order valence-electron chi connectivity index (χ0n) is 17.9. The summed E-state index contributed by atoms with van der Waals surface area (Å²) in [5.41, 5.74) is 9.48. The highest BCUT2D eigenvalue weighted by atomic mass is 16.1. The summed E-state index contributed by atoms with van der Waals surface area (Å²) in [5, 5.41) is 3.46. The van der Waals surface area contributed by atoms with Crippen molar-refractivity contribution in [2.24, 2.45) is 5.73 Å². The Kier molecular flexibility index (Phi) is 5.54. The van der Waals surface area contributed by atoms with Crippen LogP contribution in [-0.4, -0.2) is 25.4 Å². The van der Waals surface area contributed by atoms with Gasteiger partial charge in [-0.25, -0.2) is 15.0 Å². The number of anilines is 1. The summed E-state index contributed by atoms with van der Waals surface area (Å²) < 4.78 is 2.21. The number of carbonyl (C=O) groups is 1. The second-order valence-electron chi connectivity index (χ2n) is 8.29. The molecule has 0 bridgehead atoms. The van der Waals surface area contributed by atoms with E-state index < -0.39 is 5.91 Å². The lowest BCUT2D eigenvalue weighted by molar-refractivity contribution is 0.100. The molecule has 2 heterocycles. The molecule has 0 radical (unpaired) electrons. The van der Waals surface area contributed by atoms with Crippen LogP contribution < -0.4 is 11.1 Å². The Morgan fingerprint density at radius 2 is 1.75 bits per heavy atom. The quantitative estimate of drug-likeness (QED) is 0.465. The standard InChI is InChI=1S/C25H26N6O/c26-22(32)18-11-13-19(14-12-18)23-29-24(27-15-17-7-3-1-4-8-17)21-25(30-23)31(16-28-21)20-9-5-2-6-10-20/h1,3-4,7-8,11-14,16,20H,2,5-6,9-10,15H2,(H2,26,32)(H,27,29,30). The smallest absolute Gasteiger partial charge is 0.248 e. The fraction of sp³-hybridized carbons (Fsp3) is 0.280. The molecule has 32 heavy (non-hydrogen) atoms. The molecule has 1 fully saturated rings. The summed E-state index contributed by atoms with van der Waals surface area (Å²) in [4.78, 5) is 25.9. The monoisotopic (exact) mass is 426 g/mol. The molecule has 7 nitrogen and oxygen atoms in total. The first-order valence-corrected chi connectivity index (χ1v) is 11.1. The number of hydrogen-bond donors (Lipinski definition) is 2. The highest BCUT2D eigenvalue weighted by Crippen LogP contribution is 2.32. The van der Waals surface area contributed by atoms with Crippen molar-refractivity contribution >= 4 is 22.9 Å². The number of amides is 1. The van der Waals surface area contributed by atoms with Gasteiger partial charge >= 0.3 is 0 Å². The van der Waals surface area contributed by atoms with Crippen LogP contribution in [-0.2, 0) is 6.54 Å². The molecule has 0 spiro atoms. The molecule has 5 rings (SSSR count). The third kappa shape index (κ3) is 4.06. The fourth-order valence-corrected chi connectivity index (χ4v) is 4.36. The fourth-order valence-electron chi connectivity index (χ4n) is 4.36. The maximum absolute atomic E-state index is 11.5. The number of benzene rings is 2. The Balaban J connectivity index is 1.56. The van der Waals surface area contributed by atoms with Crippen molar-refractivity contribution in [1.29, 1.82) is 0 Å². The average Bonchev–Trinajstić information content (AvgIpc) is 3.28. The molecule has 1 aliphatic carbocycles. The number of nitrogens with two attached hydrogens (primary N) is 1. The van der Waals surface area contributed by atoms with Gasteiger partial charge in [0.1, 0.15) is 5.52 Å². The van der Waals surface area contributed by atoms with Crippen LogP contribution in [0.15, 0.2) is 60.9 Å². The minimum absolute atomic E-state index is 0.413. The number of carbonyl (C=O) groups excluding carboxylic acids is 1. The third-order valence-corrected chi connectivity index (χ3v) is 6.12. The Labute approximate surface area is 186 Å². The SMILES string of the molecule is NC(=O)c1ccc(-c2nc(NCc3ccccc3)c3ncn(C4CCCCC4)c3n2)cc1. The molecule has 0 aliphatic heterocycles. The molecule has 2 aromatic heterocycles. The molecule has 1 saturated carbocycles. The minimum Gasteiger partial charge on any atom is -0.366 e. The predicted octanol–water partition coefficient (Wildman–Crippen LogP) is 4.71. The van der Waals surface area contributed by atoms with E-state index in [4.69, 9.17) is 20.7 Å². The Morgan fingerprint density at radius 3 is 2.47 bits per heavy atom. The van der Waals surface area contributed by atoms with Gasteiger partial charge in [0.15, 0.2) is 17.3 Å². The predicted molar refractivity (Wildman–Crippen MR) is 125 cm³/mol. The second-order valence-corrected chi connectivity index (χ2v) is 8.29. The number of aromatic nitrogens is 4. The number of nitrogens with one attached hydrogen (secondary N) is 1. The van der Waals surface area contributed by atoms with Gasteiger partial charge in [0.2, 0.25) is 5.91 Å². The van der Waals surface area contributed by atoms with Gasteiger partial charge < -0.3 is 15.6 Å². The van der Waals surface area contributed by atoms with Crippen molar-refractivity contribution in [3.8, 4) is 11.4 Å². The van der Waals surface area contributed by atoms with Gasteiger partial charge in [-0.1, -0.05) is 61.7 Å². The zero-order chi connectivity index (χ0) is 21.9. The van der Waals surface area contributed by atoms with Crippen LogP contribution in [0, 0.1) is 0 Å². The average molecular weight is 427 g/mol. The summed E-state index contributed by atoms with van der Waals surface area (Å²) in [6.45, 7) is 0.642. The number of hydrogen-bond acceptors (Lipinski definition) is 5. The second kappa shape index (κ2) is 8.78. The van der Waals surface area contributed by atoms with Crippen molar-refractivity contribution in [2.45, 2.75) is 44.7 Å². The number of fused-ring (bicyclic) bond motifs is 1.